The topological polar surface area (TPSA) is 26.1 Å². The molecule has 1 atom stereocenters. The van der Waals surface area contributed by atoms with Crippen LogP contribution in [-0.2, 0) is 0 Å². The van der Waals surface area contributed by atoms with Gasteiger partial charge in [-0.25, -0.2) is 5.32 Å². The van der Waals surface area contributed by atoms with Crippen LogP contribution >= 0.6 is 0 Å². The Kier molecular flexibility index (Phi) is 6.21. The number of piperidine rings is 1. The summed E-state index contributed by atoms with van der Waals surface area (Å²) >= 11 is 0. The van der Waals surface area contributed by atoms with Gasteiger partial charge in [-0.3, -0.25) is 0 Å². The molecule has 77 valence electrons. The maximum Gasteiger partial charge on any atom is 0.0735 e. The van der Waals surface area contributed by atoms with Crippen molar-refractivity contribution in [3.63, 3.8) is 0 Å². The summed E-state index contributed by atoms with van der Waals surface area (Å²) < 4.78 is 0. The van der Waals surface area contributed by atoms with Crippen molar-refractivity contribution >= 4 is 0 Å². The number of nitrogens with one attached hydrogen (secondary N) is 1. The number of rotatable bonds is 6. The molecule has 1 saturated heterocycles. The summed E-state index contributed by atoms with van der Waals surface area (Å²) in [7, 11) is 0. The predicted octanol–water partition coefficient (Wildman–Crippen LogP) is 2.27. The van der Waals surface area contributed by atoms with Gasteiger partial charge >= 0.3 is 0 Å². The van der Waals surface area contributed by atoms with Crippen LogP contribution in [-0.4, -0.2) is 19.3 Å². The Balaban J connectivity index is 1.86. The van der Waals surface area contributed by atoms with Gasteiger partial charge in [-0.1, -0.05) is 26.2 Å². The lowest BCUT2D eigenvalue weighted by molar-refractivity contribution is 0.334. The molecule has 1 N–H and O–H groups in total. The second kappa shape index (κ2) is 7.34. The van der Waals surface area contributed by atoms with E-state index in [1.165, 1.54) is 44.9 Å². The minimum absolute atomic E-state index is 0.482. The van der Waals surface area contributed by atoms with Crippen molar-refractivity contribution in [2.75, 3.05) is 13.1 Å². The van der Waals surface area contributed by atoms with E-state index in [1.807, 2.05) is 0 Å². The van der Waals surface area contributed by atoms with Gasteiger partial charge in [0.15, 0.2) is 0 Å². The van der Waals surface area contributed by atoms with Crippen LogP contribution in [0.25, 0.3) is 0 Å². The van der Waals surface area contributed by atoms with E-state index in [1.54, 1.807) is 0 Å². The first-order valence-electron chi connectivity index (χ1n) is 5.83. The summed E-state index contributed by atoms with van der Waals surface area (Å²) in [5, 5.41) is 8.05. The molecule has 1 heterocycles. The van der Waals surface area contributed by atoms with Crippen LogP contribution in [0.2, 0.25) is 0 Å². The molecule has 0 saturated carbocycles. The van der Waals surface area contributed by atoms with Crippen LogP contribution < -0.4 is 10.6 Å². The van der Waals surface area contributed by atoms with E-state index < -0.39 is 0 Å². The summed E-state index contributed by atoms with van der Waals surface area (Å²) in [6.07, 6.45) is 9.79. The molecule has 0 amide bonds. The van der Waals surface area contributed by atoms with Crippen molar-refractivity contribution in [1.82, 2.24) is 10.6 Å². The summed E-state index contributed by atoms with van der Waals surface area (Å²) in [6, 6.07) is 0. The molecule has 0 spiro atoms. The normalized spacial score (nSPS) is 23.3. The first-order valence-corrected chi connectivity index (χ1v) is 5.83. The van der Waals surface area contributed by atoms with Crippen LogP contribution in [0.3, 0.4) is 0 Å². The number of hydrogen-bond acceptors (Lipinski definition) is 1. The average molecular weight is 183 g/mol. The molecule has 2 nitrogen and oxygen atoms in total. The van der Waals surface area contributed by atoms with Crippen LogP contribution in [0.15, 0.2) is 0 Å². The summed E-state index contributed by atoms with van der Waals surface area (Å²) in [4.78, 5) is 0. The summed E-state index contributed by atoms with van der Waals surface area (Å²) in [5.41, 5.74) is 0. The van der Waals surface area contributed by atoms with Crippen molar-refractivity contribution < 1.29 is 0 Å². The van der Waals surface area contributed by atoms with Crippen molar-refractivity contribution in [3.05, 3.63) is 0 Å². The highest BCUT2D eigenvalue weighted by atomic mass is 15.1. The van der Waals surface area contributed by atoms with Crippen molar-refractivity contribution in [2.45, 2.75) is 58.0 Å². The zero-order valence-corrected chi connectivity index (χ0v) is 8.89. The Morgan fingerprint density at radius 3 is 2.85 bits per heavy atom. The van der Waals surface area contributed by atoms with E-state index in [4.69, 9.17) is 0 Å². The van der Waals surface area contributed by atoms with Crippen molar-refractivity contribution in [1.29, 1.82) is 0 Å². The lowest BCUT2D eigenvalue weighted by Crippen LogP contribution is -2.40. The first-order chi connectivity index (χ1) is 6.43. The van der Waals surface area contributed by atoms with Gasteiger partial charge in [0.1, 0.15) is 0 Å². The van der Waals surface area contributed by atoms with Crippen molar-refractivity contribution in [3.8, 4) is 0 Å². The molecule has 1 aliphatic heterocycles. The highest BCUT2D eigenvalue weighted by molar-refractivity contribution is 4.69. The molecule has 0 bridgehead atoms. The number of hydrogen-bond donors (Lipinski definition) is 1. The Morgan fingerprint density at radius 2 is 2.15 bits per heavy atom. The number of nitrogens with zero attached hydrogens (tertiary/aromatic N) is 1. The summed E-state index contributed by atoms with van der Waals surface area (Å²) in [5.74, 6) is 0. The standard InChI is InChI=1S/C11H23N2/c1-2-3-4-6-9-12-11-8-5-7-10-13-11/h11-12H,2-10H2,1H3. The van der Waals surface area contributed by atoms with E-state index in [0.717, 1.165) is 13.1 Å². The average Bonchev–Trinajstić information content (AvgIpc) is 2.19. The Morgan fingerprint density at radius 1 is 1.23 bits per heavy atom. The maximum atomic E-state index is 4.54. The van der Waals surface area contributed by atoms with E-state index in [-0.39, 0.29) is 0 Å². The monoisotopic (exact) mass is 183 g/mol. The minimum Gasteiger partial charge on any atom is -0.301 e. The molecular weight excluding hydrogens is 160 g/mol. The molecule has 2 heteroatoms. The SMILES string of the molecule is CCCCCCNC1CCCC[N]1. The molecule has 0 aliphatic carbocycles. The zero-order valence-electron chi connectivity index (χ0n) is 8.89. The molecular formula is C11H23N2. The van der Waals surface area contributed by atoms with E-state index in [9.17, 15) is 0 Å². The van der Waals surface area contributed by atoms with E-state index >= 15 is 0 Å². The maximum absolute atomic E-state index is 4.54. The van der Waals surface area contributed by atoms with Crippen LogP contribution in [0, 0.1) is 0 Å². The molecule has 1 radical (unpaired) electrons. The van der Waals surface area contributed by atoms with Gasteiger partial charge in [0.05, 0.1) is 6.17 Å². The van der Waals surface area contributed by atoms with Gasteiger partial charge in [0.25, 0.3) is 0 Å². The first kappa shape index (κ1) is 11.0. The van der Waals surface area contributed by atoms with Gasteiger partial charge in [-0.05, 0) is 32.2 Å². The van der Waals surface area contributed by atoms with Gasteiger partial charge in [0.2, 0.25) is 0 Å². The van der Waals surface area contributed by atoms with Crippen LogP contribution in [0.1, 0.15) is 51.9 Å². The lowest BCUT2D eigenvalue weighted by atomic mass is 10.1. The fraction of sp³-hybridized carbons (Fsp3) is 1.00. The van der Waals surface area contributed by atoms with E-state index in [2.05, 4.69) is 17.6 Å². The van der Waals surface area contributed by atoms with Crippen molar-refractivity contribution in [2.24, 2.45) is 0 Å². The van der Waals surface area contributed by atoms with Crippen LogP contribution in [0.4, 0.5) is 0 Å². The van der Waals surface area contributed by atoms with E-state index in [0.29, 0.717) is 6.17 Å². The lowest BCUT2D eigenvalue weighted by Gasteiger charge is -2.22. The van der Waals surface area contributed by atoms with Gasteiger partial charge in [-0.15, -0.1) is 0 Å². The predicted molar refractivity (Wildman–Crippen MR) is 56.8 cm³/mol. The number of unbranched alkanes of at least 4 members (excludes halogenated alkanes) is 3. The molecule has 0 aromatic rings. The Bertz CT molecular complexity index is 109. The second-order valence-corrected chi connectivity index (χ2v) is 3.93. The highest BCUT2D eigenvalue weighted by Gasteiger charge is 2.11. The zero-order chi connectivity index (χ0) is 9.36. The highest BCUT2D eigenvalue weighted by Crippen LogP contribution is 2.06. The molecule has 1 fully saturated rings. The third kappa shape index (κ3) is 5.27. The fourth-order valence-electron chi connectivity index (χ4n) is 1.77. The molecule has 0 aromatic heterocycles. The molecule has 1 aliphatic rings. The second-order valence-electron chi connectivity index (χ2n) is 3.93. The molecule has 0 aromatic carbocycles. The van der Waals surface area contributed by atoms with Crippen LogP contribution in [0.5, 0.6) is 0 Å². The Hall–Kier alpha value is -0.0800. The largest absolute Gasteiger partial charge is 0.301 e. The Labute approximate surface area is 82.5 Å². The quantitative estimate of drug-likeness (QED) is 0.628. The van der Waals surface area contributed by atoms with Gasteiger partial charge < -0.3 is 5.32 Å². The minimum atomic E-state index is 0.482. The third-order valence-electron chi connectivity index (χ3n) is 2.65. The fourth-order valence-corrected chi connectivity index (χ4v) is 1.77. The molecule has 1 unspecified atom stereocenters. The molecule has 13 heavy (non-hydrogen) atoms. The summed E-state index contributed by atoms with van der Waals surface area (Å²) in [6.45, 7) is 4.49. The molecule has 1 rings (SSSR count). The smallest absolute Gasteiger partial charge is 0.0735 e. The third-order valence-corrected chi connectivity index (χ3v) is 2.65. The van der Waals surface area contributed by atoms with Gasteiger partial charge in [0, 0.05) is 6.54 Å². The van der Waals surface area contributed by atoms with Gasteiger partial charge in [-0.2, -0.15) is 0 Å².